The summed E-state index contributed by atoms with van der Waals surface area (Å²) in [6, 6.07) is 17.5. The zero-order valence-corrected chi connectivity index (χ0v) is 14.5. The van der Waals surface area contributed by atoms with Crippen molar-refractivity contribution in [3.8, 4) is 6.07 Å². The van der Waals surface area contributed by atoms with Crippen molar-refractivity contribution in [1.29, 1.82) is 5.26 Å². The van der Waals surface area contributed by atoms with Gasteiger partial charge in [0.2, 0.25) is 0 Å². The second-order valence-electron chi connectivity index (χ2n) is 5.94. The Bertz CT molecular complexity index is 939. The summed E-state index contributed by atoms with van der Waals surface area (Å²) in [7, 11) is 0. The number of anilines is 4. The van der Waals surface area contributed by atoms with Crippen molar-refractivity contribution in [2.75, 3.05) is 10.6 Å². The molecule has 3 aromatic rings. The van der Waals surface area contributed by atoms with E-state index >= 15 is 0 Å². The summed E-state index contributed by atoms with van der Waals surface area (Å²) in [6.45, 7) is 6.00. The first kappa shape index (κ1) is 16.5. The van der Waals surface area contributed by atoms with Crippen LogP contribution in [0.2, 0.25) is 0 Å². The number of hydrogen-bond donors (Lipinski definition) is 2. The molecule has 0 aliphatic rings. The Morgan fingerprint density at radius 1 is 0.840 bits per heavy atom. The highest BCUT2D eigenvalue weighted by Gasteiger charge is 2.05. The smallest absolute Gasteiger partial charge is 0.136 e. The quantitative estimate of drug-likeness (QED) is 0.722. The molecule has 0 atom stereocenters. The van der Waals surface area contributed by atoms with Gasteiger partial charge in [0.1, 0.15) is 17.5 Å². The van der Waals surface area contributed by atoms with E-state index in [2.05, 4.69) is 58.7 Å². The van der Waals surface area contributed by atoms with Crippen LogP contribution in [0.25, 0.3) is 0 Å². The lowest BCUT2D eigenvalue weighted by molar-refractivity contribution is 1.06. The number of rotatable bonds is 4. The molecule has 1 heterocycles. The number of aryl methyl sites for hydroxylation is 3. The first-order valence-electron chi connectivity index (χ1n) is 8.00. The average Bonchev–Trinajstić information content (AvgIpc) is 2.58. The summed E-state index contributed by atoms with van der Waals surface area (Å²) < 4.78 is 0. The molecule has 5 heteroatoms. The van der Waals surface area contributed by atoms with E-state index in [-0.39, 0.29) is 0 Å². The fourth-order valence-electron chi connectivity index (χ4n) is 2.56. The van der Waals surface area contributed by atoms with E-state index in [9.17, 15) is 0 Å². The minimum atomic E-state index is 0.627. The third-order valence-electron chi connectivity index (χ3n) is 3.77. The highest BCUT2D eigenvalue weighted by Crippen LogP contribution is 2.23. The minimum absolute atomic E-state index is 0.627. The zero-order valence-electron chi connectivity index (χ0n) is 14.5. The first-order chi connectivity index (χ1) is 12.0. The monoisotopic (exact) mass is 329 g/mol. The fourth-order valence-corrected chi connectivity index (χ4v) is 2.56. The van der Waals surface area contributed by atoms with Gasteiger partial charge in [0.05, 0.1) is 11.6 Å². The number of hydrogen-bond acceptors (Lipinski definition) is 5. The van der Waals surface area contributed by atoms with Crippen LogP contribution in [-0.2, 0) is 0 Å². The molecule has 124 valence electrons. The van der Waals surface area contributed by atoms with Gasteiger partial charge in [-0.2, -0.15) is 5.26 Å². The summed E-state index contributed by atoms with van der Waals surface area (Å²) in [5, 5.41) is 15.5. The van der Waals surface area contributed by atoms with Crippen LogP contribution in [0, 0.1) is 32.1 Å². The molecule has 0 saturated heterocycles. The number of nitrogens with zero attached hydrogens (tertiary/aromatic N) is 3. The molecule has 25 heavy (non-hydrogen) atoms. The van der Waals surface area contributed by atoms with Gasteiger partial charge in [-0.15, -0.1) is 0 Å². The molecule has 0 fully saturated rings. The Morgan fingerprint density at radius 3 is 2.16 bits per heavy atom. The van der Waals surface area contributed by atoms with Crippen molar-refractivity contribution in [1.82, 2.24) is 9.97 Å². The SMILES string of the molecule is Cc1ccc(Nc2cc(Nc3ccc(C#N)cc3)nc(C)n2)c(C)c1. The van der Waals surface area contributed by atoms with Gasteiger partial charge in [-0.05, 0) is 56.7 Å². The molecule has 0 saturated carbocycles. The molecule has 0 unspecified atom stereocenters. The largest absolute Gasteiger partial charge is 0.340 e. The van der Waals surface area contributed by atoms with Gasteiger partial charge in [-0.1, -0.05) is 17.7 Å². The summed E-state index contributed by atoms with van der Waals surface area (Å²) in [6.07, 6.45) is 0. The Morgan fingerprint density at radius 2 is 1.52 bits per heavy atom. The van der Waals surface area contributed by atoms with E-state index in [0.717, 1.165) is 22.8 Å². The van der Waals surface area contributed by atoms with Crippen LogP contribution in [0.4, 0.5) is 23.0 Å². The van der Waals surface area contributed by atoms with Crippen LogP contribution < -0.4 is 10.6 Å². The predicted octanol–water partition coefficient (Wildman–Crippen LogP) is 4.76. The fraction of sp³-hybridized carbons (Fsp3) is 0.150. The molecular weight excluding hydrogens is 310 g/mol. The maximum atomic E-state index is 8.87. The first-order valence-corrected chi connectivity index (χ1v) is 8.00. The van der Waals surface area contributed by atoms with E-state index < -0.39 is 0 Å². The molecule has 0 amide bonds. The summed E-state index contributed by atoms with van der Waals surface area (Å²) in [4.78, 5) is 8.88. The number of nitrogens with one attached hydrogen (secondary N) is 2. The van der Waals surface area contributed by atoms with Crippen LogP contribution in [0.1, 0.15) is 22.5 Å². The van der Waals surface area contributed by atoms with E-state index in [1.165, 1.54) is 5.56 Å². The van der Waals surface area contributed by atoms with Crippen molar-refractivity contribution in [2.45, 2.75) is 20.8 Å². The van der Waals surface area contributed by atoms with Gasteiger partial charge < -0.3 is 10.6 Å². The molecular formula is C20H19N5. The lowest BCUT2D eigenvalue weighted by atomic mass is 10.1. The van der Waals surface area contributed by atoms with Crippen LogP contribution in [-0.4, -0.2) is 9.97 Å². The second kappa shape index (κ2) is 7.02. The van der Waals surface area contributed by atoms with Crippen LogP contribution in [0.5, 0.6) is 0 Å². The second-order valence-corrected chi connectivity index (χ2v) is 5.94. The summed E-state index contributed by atoms with van der Waals surface area (Å²) >= 11 is 0. The molecule has 3 rings (SSSR count). The van der Waals surface area contributed by atoms with Gasteiger partial charge in [0.25, 0.3) is 0 Å². The molecule has 1 aromatic heterocycles. The molecule has 2 N–H and O–H groups in total. The summed E-state index contributed by atoms with van der Waals surface area (Å²) in [5.74, 6) is 2.10. The number of aromatic nitrogens is 2. The normalized spacial score (nSPS) is 10.2. The third kappa shape index (κ3) is 4.12. The van der Waals surface area contributed by atoms with Crippen molar-refractivity contribution < 1.29 is 0 Å². The van der Waals surface area contributed by atoms with Gasteiger partial charge in [-0.25, -0.2) is 9.97 Å². The predicted molar refractivity (Wildman–Crippen MR) is 100 cm³/mol. The maximum Gasteiger partial charge on any atom is 0.136 e. The molecule has 0 radical (unpaired) electrons. The van der Waals surface area contributed by atoms with Gasteiger partial charge in [-0.3, -0.25) is 0 Å². The molecule has 0 aliphatic heterocycles. The zero-order chi connectivity index (χ0) is 17.8. The topological polar surface area (TPSA) is 73.6 Å². The van der Waals surface area contributed by atoms with Crippen molar-refractivity contribution >= 4 is 23.0 Å². The Balaban J connectivity index is 1.83. The van der Waals surface area contributed by atoms with E-state index in [4.69, 9.17) is 5.26 Å². The average molecular weight is 329 g/mol. The maximum absolute atomic E-state index is 8.87. The van der Waals surface area contributed by atoms with E-state index in [1.807, 2.05) is 25.1 Å². The molecule has 0 bridgehead atoms. The van der Waals surface area contributed by atoms with E-state index in [1.54, 1.807) is 12.1 Å². The van der Waals surface area contributed by atoms with Gasteiger partial charge in [0.15, 0.2) is 0 Å². The molecule has 0 spiro atoms. The van der Waals surface area contributed by atoms with Gasteiger partial charge >= 0.3 is 0 Å². The third-order valence-corrected chi connectivity index (χ3v) is 3.77. The molecule has 5 nitrogen and oxygen atoms in total. The standard InChI is InChI=1S/C20H19N5/c1-13-4-9-18(14(2)10-13)25-20-11-19(22-15(3)23-20)24-17-7-5-16(12-21)6-8-17/h4-11H,1-3H3,(H2,22,23,24,25). The summed E-state index contributed by atoms with van der Waals surface area (Å²) in [5.41, 5.74) is 4.91. The highest BCUT2D eigenvalue weighted by atomic mass is 15.1. The minimum Gasteiger partial charge on any atom is -0.340 e. The Hall–Kier alpha value is -3.39. The lowest BCUT2D eigenvalue weighted by Crippen LogP contribution is -2.02. The molecule has 2 aromatic carbocycles. The Labute approximate surface area is 147 Å². The Kier molecular flexibility index (Phi) is 4.62. The molecule has 0 aliphatic carbocycles. The van der Waals surface area contributed by atoms with Crippen LogP contribution in [0.15, 0.2) is 48.5 Å². The van der Waals surface area contributed by atoms with E-state index in [0.29, 0.717) is 17.2 Å². The van der Waals surface area contributed by atoms with Crippen molar-refractivity contribution in [3.05, 3.63) is 71.0 Å². The van der Waals surface area contributed by atoms with Crippen molar-refractivity contribution in [2.24, 2.45) is 0 Å². The lowest BCUT2D eigenvalue weighted by Gasteiger charge is -2.12. The highest BCUT2D eigenvalue weighted by molar-refractivity contribution is 5.65. The van der Waals surface area contributed by atoms with Crippen LogP contribution in [0.3, 0.4) is 0 Å². The van der Waals surface area contributed by atoms with Crippen molar-refractivity contribution in [3.63, 3.8) is 0 Å². The number of nitriles is 1. The van der Waals surface area contributed by atoms with Gasteiger partial charge in [0, 0.05) is 17.4 Å². The number of benzene rings is 2. The van der Waals surface area contributed by atoms with Crippen LogP contribution >= 0.6 is 0 Å².